The average Bonchev–Trinajstić information content (AvgIpc) is 2.67. The van der Waals surface area contributed by atoms with Gasteiger partial charge in [0, 0.05) is 18.1 Å². The summed E-state index contributed by atoms with van der Waals surface area (Å²) < 4.78 is 0. The number of ketones is 2. The number of phenols is 2. The van der Waals surface area contributed by atoms with Crippen LogP contribution >= 0.6 is 11.6 Å². The molecule has 0 radical (unpaired) electrons. The summed E-state index contributed by atoms with van der Waals surface area (Å²) in [6.07, 6.45) is 6.85. The van der Waals surface area contributed by atoms with Crippen LogP contribution in [-0.2, 0) is 0 Å². The van der Waals surface area contributed by atoms with Crippen LogP contribution in [0.4, 0.5) is 0 Å². The number of fused-ring (bicyclic) bond motifs is 1. The SMILES string of the molecule is CC(C)=CCC/C(C)=C\C[C@]1(O)C(=O)c2cc(O)cc(O)c2C(=O)[C@@]1(Cl)CC=C(C)C. The molecular formula is C25H31ClO5. The summed E-state index contributed by atoms with van der Waals surface area (Å²) in [7, 11) is 0. The fourth-order valence-corrected chi connectivity index (χ4v) is 4.03. The van der Waals surface area contributed by atoms with Gasteiger partial charge in [0.1, 0.15) is 16.4 Å². The summed E-state index contributed by atoms with van der Waals surface area (Å²) >= 11 is 6.76. The molecule has 0 saturated carbocycles. The number of benzene rings is 1. The summed E-state index contributed by atoms with van der Waals surface area (Å²) in [5, 5.41) is 31.7. The fraction of sp³-hybridized carbons (Fsp3) is 0.440. The lowest BCUT2D eigenvalue weighted by atomic mass is 9.66. The van der Waals surface area contributed by atoms with Crippen LogP contribution in [0.3, 0.4) is 0 Å². The van der Waals surface area contributed by atoms with Gasteiger partial charge >= 0.3 is 0 Å². The number of alkyl halides is 1. The summed E-state index contributed by atoms with van der Waals surface area (Å²) in [6, 6.07) is 2.07. The molecular weight excluding hydrogens is 416 g/mol. The van der Waals surface area contributed by atoms with Gasteiger partial charge in [0.2, 0.25) is 0 Å². The van der Waals surface area contributed by atoms with E-state index < -0.39 is 27.8 Å². The summed E-state index contributed by atoms with van der Waals surface area (Å²) in [4.78, 5) is 24.8. The molecule has 0 unspecified atom stereocenters. The fourth-order valence-electron chi connectivity index (χ4n) is 3.69. The van der Waals surface area contributed by atoms with E-state index in [0.29, 0.717) is 0 Å². The van der Waals surface area contributed by atoms with Crippen molar-refractivity contribution in [1.29, 1.82) is 0 Å². The summed E-state index contributed by atoms with van der Waals surface area (Å²) in [5.41, 5.74) is 0.302. The molecule has 0 bridgehead atoms. The summed E-state index contributed by atoms with van der Waals surface area (Å²) in [6.45, 7) is 9.58. The van der Waals surface area contributed by atoms with E-state index in [2.05, 4.69) is 6.08 Å². The highest BCUT2D eigenvalue weighted by Gasteiger charge is 2.62. The van der Waals surface area contributed by atoms with Crippen LogP contribution in [0.1, 0.15) is 81.0 Å². The highest BCUT2D eigenvalue weighted by molar-refractivity contribution is 6.44. The van der Waals surface area contributed by atoms with E-state index in [1.165, 1.54) is 5.57 Å². The number of halogens is 1. The predicted octanol–water partition coefficient (Wildman–Crippen LogP) is 5.62. The molecule has 168 valence electrons. The van der Waals surface area contributed by atoms with Gasteiger partial charge < -0.3 is 15.3 Å². The Morgan fingerprint density at radius 3 is 2.13 bits per heavy atom. The smallest absolute Gasteiger partial charge is 0.197 e. The molecule has 0 heterocycles. The third-order valence-electron chi connectivity index (χ3n) is 5.59. The molecule has 1 aromatic rings. The van der Waals surface area contributed by atoms with Crippen molar-refractivity contribution in [2.45, 2.75) is 70.8 Å². The van der Waals surface area contributed by atoms with Gasteiger partial charge in [-0.1, -0.05) is 34.9 Å². The Kier molecular flexibility index (Phi) is 7.56. The van der Waals surface area contributed by atoms with Crippen molar-refractivity contribution in [2.24, 2.45) is 0 Å². The number of aliphatic hydroxyl groups is 1. The minimum absolute atomic E-state index is 0.0810. The molecule has 31 heavy (non-hydrogen) atoms. The molecule has 5 nitrogen and oxygen atoms in total. The quantitative estimate of drug-likeness (QED) is 0.373. The zero-order valence-electron chi connectivity index (χ0n) is 18.8. The first-order valence-electron chi connectivity index (χ1n) is 10.3. The Labute approximate surface area is 188 Å². The Morgan fingerprint density at radius 1 is 0.935 bits per heavy atom. The highest BCUT2D eigenvalue weighted by Crippen LogP contribution is 2.48. The molecule has 0 spiro atoms. The third-order valence-corrected chi connectivity index (χ3v) is 6.23. The van der Waals surface area contributed by atoms with Crippen LogP contribution in [0.2, 0.25) is 0 Å². The molecule has 2 rings (SSSR count). The maximum absolute atomic E-state index is 13.4. The van der Waals surface area contributed by atoms with Crippen molar-refractivity contribution in [3.05, 3.63) is 58.2 Å². The molecule has 0 fully saturated rings. The maximum Gasteiger partial charge on any atom is 0.197 e. The van der Waals surface area contributed by atoms with E-state index in [9.17, 15) is 24.9 Å². The van der Waals surface area contributed by atoms with Gasteiger partial charge in [-0.15, -0.1) is 11.6 Å². The first-order valence-corrected chi connectivity index (χ1v) is 10.7. The minimum Gasteiger partial charge on any atom is -0.508 e. The van der Waals surface area contributed by atoms with Crippen molar-refractivity contribution in [2.75, 3.05) is 0 Å². The van der Waals surface area contributed by atoms with Gasteiger partial charge in [-0.25, -0.2) is 0 Å². The van der Waals surface area contributed by atoms with Gasteiger partial charge in [-0.3, -0.25) is 9.59 Å². The van der Waals surface area contributed by atoms with Crippen molar-refractivity contribution in [3.8, 4) is 11.5 Å². The van der Waals surface area contributed by atoms with E-state index in [0.717, 1.165) is 36.1 Å². The second-order valence-corrected chi connectivity index (χ2v) is 9.41. The molecule has 1 aliphatic carbocycles. The number of Topliss-reactive ketones (excluding diaryl/α,β-unsaturated/α-hetero) is 2. The zero-order chi connectivity index (χ0) is 23.6. The van der Waals surface area contributed by atoms with Crippen molar-refractivity contribution < 1.29 is 24.9 Å². The molecule has 0 aromatic heterocycles. The first-order chi connectivity index (χ1) is 14.3. The molecule has 6 heteroatoms. The largest absolute Gasteiger partial charge is 0.508 e. The van der Waals surface area contributed by atoms with Crippen LogP contribution in [0, 0.1) is 0 Å². The Morgan fingerprint density at radius 2 is 1.55 bits per heavy atom. The number of hydrogen-bond acceptors (Lipinski definition) is 5. The number of aromatic hydroxyl groups is 2. The number of allylic oxidation sites excluding steroid dienone is 5. The van der Waals surface area contributed by atoms with Gasteiger partial charge in [-0.05, 0) is 59.9 Å². The molecule has 1 aromatic carbocycles. The van der Waals surface area contributed by atoms with Crippen LogP contribution in [0.5, 0.6) is 11.5 Å². The van der Waals surface area contributed by atoms with Crippen LogP contribution in [0.25, 0.3) is 0 Å². The number of phenolic OH excluding ortho intramolecular Hbond substituents is 2. The lowest BCUT2D eigenvalue weighted by Gasteiger charge is -2.43. The third kappa shape index (κ3) is 4.94. The topological polar surface area (TPSA) is 94.8 Å². The standard InChI is InChI=1S/C25H31ClO5/c1-15(2)7-6-8-17(5)10-12-25(31)22(29)19-13-18(27)14-20(28)21(19)23(30)24(25,26)11-9-16(3)4/h7,9-10,13-14,27-28,31H,6,8,11-12H2,1-5H3/b17-10-/t24-,25-/m0/s1. The van der Waals surface area contributed by atoms with Gasteiger partial charge in [0.25, 0.3) is 0 Å². The minimum atomic E-state index is -2.23. The number of rotatable bonds is 7. The normalized spacial score (nSPS) is 23.4. The predicted molar refractivity (Wildman–Crippen MR) is 123 cm³/mol. The lowest BCUT2D eigenvalue weighted by molar-refractivity contribution is 0.00726. The second kappa shape index (κ2) is 9.41. The van der Waals surface area contributed by atoms with E-state index in [1.807, 2.05) is 34.6 Å². The van der Waals surface area contributed by atoms with Crippen LogP contribution in [-0.4, -0.2) is 37.4 Å². The number of carbonyl (C=O) groups is 2. The molecule has 0 amide bonds. The Bertz CT molecular complexity index is 980. The molecule has 2 atom stereocenters. The summed E-state index contributed by atoms with van der Waals surface area (Å²) in [5.74, 6) is -2.44. The lowest BCUT2D eigenvalue weighted by Crippen LogP contribution is -2.63. The van der Waals surface area contributed by atoms with E-state index in [-0.39, 0.29) is 29.7 Å². The van der Waals surface area contributed by atoms with E-state index in [1.54, 1.807) is 12.2 Å². The molecule has 0 saturated heterocycles. The van der Waals surface area contributed by atoms with Crippen molar-refractivity contribution in [1.82, 2.24) is 0 Å². The monoisotopic (exact) mass is 446 g/mol. The van der Waals surface area contributed by atoms with Gasteiger partial charge in [0.15, 0.2) is 17.2 Å². The van der Waals surface area contributed by atoms with Gasteiger partial charge in [-0.2, -0.15) is 0 Å². The first kappa shape index (κ1) is 24.9. The van der Waals surface area contributed by atoms with Crippen molar-refractivity contribution in [3.63, 3.8) is 0 Å². The van der Waals surface area contributed by atoms with E-state index >= 15 is 0 Å². The number of hydrogen-bond donors (Lipinski definition) is 3. The van der Waals surface area contributed by atoms with E-state index in [4.69, 9.17) is 11.6 Å². The van der Waals surface area contributed by atoms with Gasteiger partial charge in [0.05, 0.1) is 5.56 Å². The molecule has 0 aliphatic heterocycles. The maximum atomic E-state index is 13.4. The van der Waals surface area contributed by atoms with Crippen LogP contribution in [0.15, 0.2) is 47.1 Å². The second-order valence-electron chi connectivity index (χ2n) is 8.77. The molecule has 1 aliphatic rings. The Hall–Kier alpha value is -2.37. The number of carbonyl (C=O) groups excluding carboxylic acids is 2. The molecule has 3 N–H and O–H groups in total. The van der Waals surface area contributed by atoms with Crippen molar-refractivity contribution >= 4 is 23.2 Å². The van der Waals surface area contributed by atoms with Crippen LogP contribution < -0.4 is 0 Å². The zero-order valence-corrected chi connectivity index (χ0v) is 19.5. The Balaban J connectivity index is 2.57. The highest BCUT2D eigenvalue weighted by atomic mass is 35.5. The average molecular weight is 447 g/mol.